The molecule has 1 fully saturated rings. The molecule has 0 unspecified atom stereocenters. The molecule has 2 aromatic carbocycles. The number of aromatic nitrogens is 5. The van der Waals surface area contributed by atoms with E-state index in [-0.39, 0.29) is 17.3 Å². The summed E-state index contributed by atoms with van der Waals surface area (Å²) >= 11 is 0. The van der Waals surface area contributed by atoms with Gasteiger partial charge >= 0.3 is 0 Å². The number of halogens is 3. The molecule has 6 rings (SSSR count). The molecule has 2 N–H and O–H groups in total. The van der Waals surface area contributed by atoms with Crippen LogP contribution in [0.25, 0.3) is 45.2 Å². The van der Waals surface area contributed by atoms with Crippen molar-refractivity contribution in [3.63, 3.8) is 0 Å². The highest BCUT2D eigenvalue weighted by Gasteiger charge is 2.26. The number of anilines is 1. The zero-order valence-corrected chi connectivity index (χ0v) is 21.3. The molecule has 5 aromatic rings. The molecule has 39 heavy (non-hydrogen) atoms. The van der Waals surface area contributed by atoms with E-state index in [9.17, 15) is 21.6 Å². The van der Waals surface area contributed by atoms with Gasteiger partial charge in [-0.2, -0.15) is 8.42 Å². The summed E-state index contributed by atoms with van der Waals surface area (Å²) in [5, 5.41) is 0. The average molecular weight is 555 g/mol. The normalized spacial score (nSPS) is 13.7. The quantitative estimate of drug-likeness (QED) is 0.251. The molecule has 0 atom stereocenters. The number of H-pyrrole nitrogens is 1. The number of aromatic amines is 1. The summed E-state index contributed by atoms with van der Waals surface area (Å²) in [7, 11) is -3.80. The highest BCUT2D eigenvalue weighted by atomic mass is 32.2. The minimum atomic E-state index is -3.80. The van der Waals surface area contributed by atoms with E-state index in [0.717, 1.165) is 31.2 Å². The second-order valence-corrected chi connectivity index (χ2v) is 10.9. The Hall–Kier alpha value is -4.23. The Morgan fingerprint density at radius 2 is 1.72 bits per heavy atom. The molecule has 3 aromatic heterocycles. The number of rotatable bonds is 8. The topological polar surface area (TPSA) is 115 Å². The van der Waals surface area contributed by atoms with E-state index >= 15 is 0 Å². The van der Waals surface area contributed by atoms with E-state index in [1.54, 1.807) is 16.7 Å². The SMILES string of the molecule is CS(=O)(=O)ONc1nc2ccc(-c3[nH]c(-c4c(F)cccc4F)nc3-c3ccc(F)cc3)nc2n1CC1CC1. The smallest absolute Gasteiger partial charge is 0.285 e. The molecule has 0 aliphatic heterocycles. The van der Waals surface area contributed by atoms with Crippen molar-refractivity contribution in [3.05, 3.63) is 72.0 Å². The zero-order valence-electron chi connectivity index (χ0n) is 20.5. The summed E-state index contributed by atoms with van der Waals surface area (Å²) in [6.07, 6.45) is 2.94. The van der Waals surface area contributed by atoms with Crippen LogP contribution >= 0.6 is 0 Å². The first-order valence-corrected chi connectivity index (χ1v) is 13.8. The predicted octanol–water partition coefficient (Wildman–Crippen LogP) is 5.29. The number of nitrogens with zero attached hydrogens (tertiary/aromatic N) is 4. The van der Waals surface area contributed by atoms with Crippen LogP contribution in [0.3, 0.4) is 0 Å². The molecule has 1 saturated carbocycles. The molecule has 9 nitrogen and oxygen atoms in total. The van der Waals surface area contributed by atoms with Gasteiger partial charge in [0.05, 0.1) is 28.9 Å². The Labute approximate surface area is 220 Å². The standard InChI is InChI=1S/C26H21F3N6O3S/c1-39(36,37)38-34-26-31-20-12-11-19(30-25(20)35(26)13-14-5-6-14)23-22(15-7-9-16(27)10-8-15)32-24(33-23)21-17(28)3-2-4-18(21)29/h2-4,7-12,14H,5-6,13H2,1H3,(H,31,34)(H,32,33). The maximum atomic E-state index is 14.6. The van der Waals surface area contributed by atoms with E-state index < -0.39 is 27.6 Å². The monoisotopic (exact) mass is 554 g/mol. The van der Waals surface area contributed by atoms with Gasteiger partial charge in [-0.05, 0) is 67.3 Å². The fourth-order valence-corrected chi connectivity index (χ4v) is 4.51. The van der Waals surface area contributed by atoms with Gasteiger partial charge in [-0.15, -0.1) is 4.28 Å². The van der Waals surface area contributed by atoms with Crippen LogP contribution in [0.15, 0.2) is 54.6 Å². The first-order valence-electron chi connectivity index (χ1n) is 12.0. The van der Waals surface area contributed by atoms with E-state index in [0.29, 0.717) is 46.3 Å². The summed E-state index contributed by atoms with van der Waals surface area (Å²) in [6, 6.07) is 12.4. The van der Waals surface area contributed by atoms with Crippen LogP contribution in [-0.2, 0) is 20.9 Å². The Bertz CT molecular complexity index is 1790. The lowest BCUT2D eigenvalue weighted by molar-refractivity contribution is 0.387. The van der Waals surface area contributed by atoms with Crippen molar-refractivity contribution in [1.82, 2.24) is 24.5 Å². The first kappa shape index (κ1) is 25.1. The van der Waals surface area contributed by atoms with Gasteiger partial charge < -0.3 is 4.98 Å². The molecule has 0 amide bonds. The zero-order chi connectivity index (χ0) is 27.3. The maximum absolute atomic E-state index is 14.6. The second kappa shape index (κ2) is 9.50. The molecule has 200 valence electrons. The second-order valence-electron chi connectivity index (χ2n) is 9.33. The maximum Gasteiger partial charge on any atom is 0.285 e. The van der Waals surface area contributed by atoms with Crippen molar-refractivity contribution in [2.75, 3.05) is 11.7 Å². The Morgan fingerprint density at radius 3 is 2.38 bits per heavy atom. The molecule has 0 radical (unpaired) electrons. The molecular formula is C26H21F3N6O3S. The summed E-state index contributed by atoms with van der Waals surface area (Å²) < 4.78 is 72.5. The van der Waals surface area contributed by atoms with E-state index in [2.05, 4.69) is 20.4 Å². The molecule has 0 saturated heterocycles. The van der Waals surface area contributed by atoms with Crippen LogP contribution in [0.5, 0.6) is 0 Å². The van der Waals surface area contributed by atoms with Crippen molar-refractivity contribution in [3.8, 4) is 34.0 Å². The third kappa shape index (κ3) is 5.10. The molecule has 1 aliphatic rings. The fraction of sp³-hybridized carbons (Fsp3) is 0.192. The van der Waals surface area contributed by atoms with Gasteiger partial charge in [-0.1, -0.05) is 6.07 Å². The Kier molecular flexibility index (Phi) is 6.11. The summed E-state index contributed by atoms with van der Waals surface area (Å²) in [5.74, 6) is -1.55. The summed E-state index contributed by atoms with van der Waals surface area (Å²) in [5.41, 5.74) is 4.52. The number of hydrogen-bond donors (Lipinski definition) is 2. The van der Waals surface area contributed by atoms with Gasteiger partial charge in [0, 0.05) is 12.1 Å². The van der Waals surface area contributed by atoms with Crippen molar-refractivity contribution in [2.45, 2.75) is 19.4 Å². The molecular weight excluding hydrogens is 533 g/mol. The average Bonchev–Trinajstić information content (AvgIpc) is 3.50. The minimum absolute atomic E-state index is 0.0581. The molecule has 0 bridgehead atoms. The third-order valence-electron chi connectivity index (χ3n) is 6.29. The number of hydrogen-bond acceptors (Lipinski definition) is 7. The molecule has 13 heteroatoms. The number of nitrogens with one attached hydrogen (secondary N) is 2. The Morgan fingerprint density at radius 1 is 1.00 bits per heavy atom. The van der Waals surface area contributed by atoms with Crippen molar-refractivity contribution >= 4 is 27.2 Å². The molecule has 0 spiro atoms. The van der Waals surface area contributed by atoms with Gasteiger partial charge in [0.25, 0.3) is 10.1 Å². The lowest BCUT2D eigenvalue weighted by atomic mass is 10.1. The van der Waals surface area contributed by atoms with Gasteiger partial charge in [0.15, 0.2) is 5.65 Å². The lowest BCUT2D eigenvalue weighted by Crippen LogP contribution is -2.14. The summed E-state index contributed by atoms with van der Waals surface area (Å²) in [4.78, 5) is 16.7. The van der Waals surface area contributed by atoms with Crippen LogP contribution in [0.1, 0.15) is 12.8 Å². The lowest BCUT2D eigenvalue weighted by Gasteiger charge is -2.09. The minimum Gasteiger partial charge on any atom is -0.336 e. The van der Waals surface area contributed by atoms with Gasteiger partial charge in [-0.3, -0.25) is 4.57 Å². The molecule has 3 heterocycles. The summed E-state index contributed by atoms with van der Waals surface area (Å²) in [6.45, 7) is 0.530. The number of imidazole rings is 2. The van der Waals surface area contributed by atoms with Gasteiger partial charge in [0.2, 0.25) is 5.95 Å². The van der Waals surface area contributed by atoms with Crippen LogP contribution in [0.4, 0.5) is 19.1 Å². The largest absolute Gasteiger partial charge is 0.336 e. The highest BCUT2D eigenvalue weighted by molar-refractivity contribution is 7.86. The number of benzene rings is 2. The first-order chi connectivity index (χ1) is 18.7. The third-order valence-corrected chi connectivity index (χ3v) is 6.68. The van der Waals surface area contributed by atoms with Crippen molar-refractivity contribution in [1.29, 1.82) is 0 Å². The Balaban J connectivity index is 1.51. The van der Waals surface area contributed by atoms with Gasteiger partial charge in [0.1, 0.15) is 28.8 Å². The highest BCUT2D eigenvalue weighted by Crippen LogP contribution is 2.36. The van der Waals surface area contributed by atoms with Crippen molar-refractivity contribution < 1.29 is 25.9 Å². The van der Waals surface area contributed by atoms with E-state index in [4.69, 9.17) is 9.27 Å². The van der Waals surface area contributed by atoms with Crippen molar-refractivity contribution in [2.24, 2.45) is 5.92 Å². The molecule has 1 aliphatic carbocycles. The van der Waals surface area contributed by atoms with Crippen LogP contribution in [-0.4, -0.2) is 39.2 Å². The van der Waals surface area contributed by atoms with E-state index in [1.807, 2.05) is 0 Å². The van der Waals surface area contributed by atoms with E-state index in [1.165, 1.54) is 30.3 Å². The predicted molar refractivity (Wildman–Crippen MR) is 138 cm³/mol. The fourth-order valence-electron chi connectivity index (χ4n) is 4.28. The number of pyridine rings is 1. The van der Waals surface area contributed by atoms with Crippen LogP contribution in [0, 0.1) is 23.4 Å². The van der Waals surface area contributed by atoms with Crippen LogP contribution < -0.4 is 5.48 Å². The van der Waals surface area contributed by atoms with Crippen LogP contribution in [0.2, 0.25) is 0 Å². The van der Waals surface area contributed by atoms with Gasteiger partial charge in [-0.25, -0.2) is 33.6 Å². The number of fused-ring (bicyclic) bond motifs is 1.